The van der Waals surface area contributed by atoms with Crippen LogP contribution in [0.25, 0.3) is 0 Å². The zero-order valence-corrected chi connectivity index (χ0v) is 12.4. The quantitative estimate of drug-likeness (QED) is 0.782. The molecule has 0 saturated carbocycles. The molecule has 1 atom stereocenters. The van der Waals surface area contributed by atoms with Crippen LogP contribution in [0.5, 0.6) is 0 Å². The molecule has 17 heavy (non-hydrogen) atoms. The lowest BCUT2D eigenvalue weighted by molar-refractivity contribution is 0.0963. The third-order valence-corrected chi connectivity index (χ3v) is 3.75. The highest BCUT2D eigenvalue weighted by molar-refractivity contribution is 9.10. The number of rotatable bonds is 7. The summed E-state index contributed by atoms with van der Waals surface area (Å²) in [6.07, 6.45) is 5.15. The van der Waals surface area contributed by atoms with Crippen molar-refractivity contribution in [2.75, 3.05) is 0 Å². The molecule has 0 aliphatic carbocycles. The van der Waals surface area contributed by atoms with Crippen molar-refractivity contribution in [3.8, 4) is 0 Å². The number of aliphatic hydroxyl groups excluding tert-OH is 1. The van der Waals surface area contributed by atoms with Crippen molar-refractivity contribution in [1.29, 1.82) is 0 Å². The van der Waals surface area contributed by atoms with Crippen LogP contribution < -0.4 is 0 Å². The second-order valence-corrected chi connectivity index (χ2v) is 5.65. The molecule has 0 saturated heterocycles. The second kappa shape index (κ2) is 7.88. The van der Waals surface area contributed by atoms with E-state index in [1.165, 1.54) is 5.56 Å². The van der Waals surface area contributed by atoms with Crippen LogP contribution in [0.4, 0.5) is 0 Å². The van der Waals surface area contributed by atoms with Crippen LogP contribution in [0.2, 0.25) is 0 Å². The van der Waals surface area contributed by atoms with Crippen molar-refractivity contribution in [2.24, 2.45) is 5.92 Å². The molecule has 0 bridgehead atoms. The molecule has 0 aliphatic heterocycles. The predicted octanol–water partition coefficient (Wildman–Crippen LogP) is 4.57. The van der Waals surface area contributed by atoms with Crippen molar-refractivity contribution in [3.63, 3.8) is 0 Å². The Labute approximate surface area is 113 Å². The molecule has 1 unspecified atom stereocenters. The van der Waals surface area contributed by atoms with Crippen LogP contribution in [-0.4, -0.2) is 11.2 Å². The standard InChI is InChI=1S/C15H23BrO/c1-3-5-13(6-4-2)15(17)11-12-7-9-14(16)10-8-12/h7-10,13,15,17H,3-6,11H2,1-2H3. The smallest absolute Gasteiger partial charge is 0.0608 e. The first-order valence-electron chi connectivity index (χ1n) is 6.59. The average molecular weight is 299 g/mol. The first-order chi connectivity index (χ1) is 8.17. The zero-order chi connectivity index (χ0) is 12.7. The molecule has 0 amide bonds. The lowest BCUT2D eigenvalue weighted by Gasteiger charge is -2.22. The van der Waals surface area contributed by atoms with E-state index in [0.29, 0.717) is 5.92 Å². The number of hydrogen-bond acceptors (Lipinski definition) is 1. The van der Waals surface area contributed by atoms with Crippen LogP contribution in [-0.2, 0) is 6.42 Å². The van der Waals surface area contributed by atoms with Gasteiger partial charge in [0.15, 0.2) is 0 Å². The fourth-order valence-electron chi connectivity index (χ4n) is 2.30. The summed E-state index contributed by atoms with van der Waals surface area (Å²) in [6.45, 7) is 4.38. The molecule has 1 aromatic carbocycles. The molecule has 1 N–H and O–H groups in total. The Hall–Kier alpha value is -0.340. The van der Waals surface area contributed by atoms with Gasteiger partial charge in [0.1, 0.15) is 0 Å². The fourth-order valence-corrected chi connectivity index (χ4v) is 2.56. The molecule has 0 aromatic heterocycles. The van der Waals surface area contributed by atoms with E-state index in [0.717, 1.165) is 36.6 Å². The van der Waals surface area contributed by atoms with Gasteiger partial charge in [0.05, 0.1) is 6.10 Å². The molecule has 1 rings (SSSR count). The van der Waals surface area contributed by atoms with E-state index < -0.39 is 0 Å². The third-order valence-electron chi connectivity index (χ3n) is 3.22. The number of hydrogen-bond donors (Lipinski definition) is 1. The highest BCUT2D eigenvalue weighted by Gasteiger charge is 2.17. The Morgan fingerprint density at radius 1 is 1.06 bits per heavy atom. The normalized spacial score (nSPS) is 13.0. The zero-order valence-electron chi connectivity index (χ0n) is 10.8. The molecule has 0 heterocycles. The number of aliphatic hydroxyl groups is 1. The maximum atomic E-state index is 10.3. The Bertz CT molecular complexity index is 301. The Morgan fingerprint density at radius 3 is 2.06 bits per heavy atom. The maximum absolute atomic E-state index is 10.3. The summed E-state index contributed by atoms with van der Waals surface area (Å²) in [7, 11) is 0. The summed E-state index contributed by atoms with van der Waals surface area (Å²) in [5.74, 6) is 0.452. The highest BCUT2D eigenvalue weighted by atomic mass is 79.9. The molecule has 0 aliphatic rings. The Morgan fingerprint density at radius 2 is 1.59 bits per heavy atom. The molecular formula is C15H23BrO. The van der Waals surface area contributed by atoms with Gasteiger partial charge in [0.25, 0.3) is 0 Å². The maximum Gasteiger partial charge on any atom is 0.0608 e. The molecule has 0 radical (unpaired) electrons. The van der Waals surface area contributed by atoms with Gasteiger partial charge in [-0.1, -0.05) is 54.8 Å². The molecule has 1 aromatic rings. The van der Waals surface area contributed by atoms with Gasteiger partial charge in [-0.3, -0.25) is 0 Å². The summed E-state index contributed by atoms with van der Waals surface area (Å²) in [4.78, 5) is 0. The van der Waals surface area contributed by atoms with Crippen LogP contribution >= 0.6 is 15.9 Å². The molecular weight excluding hydrogens is 276 g/mol. The van der Waals surface area contributed by atoms with E-state index in [9.17, 15) is 5.11 Å². The van der Waals surface area contributed by atoms with Gasteiger partial charge in [-0.05, 0) is 42.9 Å². The van der Waals surface area contributed by atoms with Crippen molar-refractivity contribution in [3.05, 3.63) is 34.3 Å². The summed E-state index contributed by atoms with van der Waals surface area (Å²) in [5.41, 5.74) is 1.22. The first-order valence-corrected chi connectivity index (χ1v) is 7.39. The van der Waals surface area contributed by atoms with Gasteiger partial charge >= 0.3 is 0 Å². The summed E-state index contributed by atoms with van der Waals surface area (Å²) >= 11 is 3.43. The van der Waals surface area contributed by atoms with Gasteiger partial charge in [-0.2, -0.15) is 0 Å². The minimum absolute atomic E-state index is 0.198. The number of halogens is 1. The molecule has 2 heteroatoms. The summed E-state index contributed by atoms with van der Waals surface area (Å²) in [6, 6.07) is 8.25. The van der Waals surface area contributed by atoms with Crippen molar-refractivity contribution in [2.45, 2.75) is 52.1 Å². The first kappa shape index (κ1) is 14.7. The molecule has 0 spiro atoms. The minimum Gasteiger partial charge on any atom is -0.392 e. The van der Waals surface area contributed by atoms with E-state index in [1.807, 2.05) is 12.1 Å². The average Bonchev–Trinajstić information content (AvgIpc) is 2.32. The minimum atomic E-state index is -0.198. The lowest BCUT2D eigenvalue weighted by Crippen LogP contribution is -2.22. The fraction of sp³-hybridized carbons (Fsp3) is 0.600. The third kappa shape index (κ3) is 5.22. The van der Waals surface area contributed by atoms with Gasteiger partial charge in [-0.15, -0.1) is 0 Å². The monoisotopic (exact) mass is 298 g/mol. The lowest BCUT2D eigenvalue weighted by atomic mass is 9.89. The van der Waals surface area contributed by atoms with Crippen molar-refractivity contribution < 1.29 is 5.11 Å². The molecule has 1 nitrogen and oxygen atoms in total. The van der Waals surface area contributed by atoms with Gasteiger partial charge in [-0.25, -0.2) is 0 Å². The number of benzene rings is 1. The molecule has 0 fully saturated rings. The van der Waals surface area contributed by atoms with E-state index >= 15 is 0 Å². The predicted molar refractivity (Wildman–Crippen MR) is 77.2 cm³/mol. The van der Waals surface area contributed by atoms with Crippen LogP contribution in [0, 0.1) is 5.92 Å². The van der Waals surface area contributed by atoms with Crippen molar-refractivity contribution in [1.82, 2.24) is 0 Å². The summed E-state index contributed by atoms with van der Waals surface area (Å²) in [5, 5.41) is 10.3. The van der Waals surface area contributed by atoms with E-state index in [4.69, 9.17) is 0 Å². The summed E-state index contributed by atoms with van der Waals surface area (Å²) < 4.78 is 1.09. The SMILES string of the molecule is CCCC(CCC)C(O)Cc1ccc(Br)cc1. The van der Waals surface area contributed by atoms with E-state index in [-0.39, 0.29) is 6.10 Å². The highest BCUT2D eigenvalue weighted by Crippen LogP contribution is 2.21. The van der Waals surface area contributed by atoms with Crippen LogP contribution in [0.3, 0.4) is 0 Å². The van der Waals surface area contributed by atoms with Crippen LogP contribution in [0.15, 0.2) is 28.7 Å². The van der Waals surface area contributed by atoms with Gasteiger partial charge in [0, 0.05) is 4.47 Å². The second-order valence-electron chi connectivity index (χ2n) is 4.74. The molecule has 96 valence electrons. The Balaban J connectivity index is 2.55. The van der Waals surface area contributed by atoms with E-state index in [1.54, 1.807) is 0 Å². The van der Waals surface area contributed by atoms with Gasteiger partial charge < -0.3 is 5.11 Å². The van der Waals surface area contributed by atoms with Gasteiger partial charge in [0.2, 0.25) is 0 Å². The van der Waals surface area contributed by atoms with Crippen LogP contribution in [0.1, 0.15) is 45.1 Å². The largest absolute Gasteiger partial charge is 0.392 e. The van der Waals surface area contributed by atoms with E-state index in [2.05, 4.69) is 41.9 Å². The Kier molecular flexibility index (Phi) is 6.83. The van der Waals surface area contributed by atoms with Crippen molar-refractivity contribution >= 4 is 15.9 Å². The topological polar surface area (TPSA) is 20.2 Å².